The highest BCUT2D eigenvalue weighted by atomic mass is 16.5. The van der Waals surface area contributed by atoms with Crippen molar-refractivity contribution in [3.8, 4) is 0 Å². The van der Waals surface area contributed by atoms with Gasteiger partial charge in [0.15, 0.2) is 5.65 Å². The number of hydrogen-bond acceptors (Lipinski definition) is 6. The molecule has 0 spiro atoms. The van der Waals surface area contributed by atoms with Crippen molar-refractivity contribution in [1.82, 2.24) is 9.97 Å². The number of carbonyl (C=O) groups excluding carboxylic acids is 1. The Morgan fingerprint density at radius 2 is 2.29 bits per heavy atom. The molecule has 0 bridgehead atoms. The van der Waals surface area contributed by atoms with Crippen LogP contribution in [0.15, 0.2) is 18.3 Å². The number of aryl methyl sites for hydroxylation is 1. The lowest BCUT2D eigenvalue weighted by Crippen LogP contribution is -2.38. The van der Waals surface area contributed by atoms with E-state index in [4.69, 9.17) is 4.74 Å². The van der Waals surface area contributed by atoms with Crippen LogP contribution < -0.4 is 4.90 Å². The third-order valence-electron chi connectivity index (χ3n) is 4.43. The number of pyridine rings is 2. The predicted molar refractivity (Wildman–Crippen MR) is 92.3 cm³/mol. The third-order valence-corrected chi connectivity index (χ3v) is 4.43. The fraction of sp³-hybridized carbons (Fsp3) is 0.500. The molecule has 1 aliphatic heterocycles. The molecule has 1 atom stereocenters. The summed E-state index contributed by atoms with van der Waals surface area (Å²) >= 11 is 0. The van der Waals surface area contributed by atoms with Gasteiger partial charge >= 0.3 is 5.97 Å². The highest BCUT2D eigenvalue weighted by molar-refractivity contribution is 6.04. The molecule has 0 aliphatic carbocycles. The fourth-order valence-electron chi connectivity index (χ4n) is 3.27. The first kappa shape index (κ1) is 16.6. The predicted octanol–water partition coefficient (Wildman–Crippen LogP) is 2.32. The van der Waals surface area contributed by atoms with Crippen LogP contribution in [0.2, 0.25) is 0 Å². The average molecular weight is 329 g/mol. The van der Waals surface area contributed by atoms with Crippen LogP contribution in [0.4, 0.5) is 5.69 Å². The highest BCUT2D eigenvalue weighted by Crippen LogP contribution is 2.32. The monoisotopic (exact) mass is 329 g/mol. The van der Waals surface area contributed by atoms with E-state index in [1.54, 1.807) is 13.1 Å². The van der Waals surface area contributed by atoms with Gasteiger partial charge in [0.2, 0.25) is 0 Å². The first-order chi connectivity index (χ1) is 11.6. The maximum atomic E-state index is 12.4. The van der Waals surface area contributed by atoms with E-state index in [-0.39, 0.29) is 18.5 Å². The molecule has 0 radical (unpaired) electrons. The lowest BCUT2D eigenvalue weighted by Gasteiger charge is -2.35. The van der Waals surface area contributed by atoms with Gasteiger partial charge in [-0.15, -0.1) is 0 Å². The van der Waals surface area contributed by atoms with Gasteiger partial charge in [-0.2, -0.15) is 0 Å². The summed E-state index contributed by atoms with van der Waals surface area (Å²) in [7, 11) is 0. The number of piperidine rings is 1. The molecule has 128 valence electrons. The van der Waals surface area contributed by atoms with Crippen LogP contribution in [-0.2, 0) is 4.74 Å². The number of carbonyl (C=O) groups is 1. The van der Waals surface area contributed by atoms with Crippen LogP contribution in [0.5, 0.6) is 0 Å². The Morgan fingerprint density at radius 3 is 3.04 bits per heavy atom. The van der Waals surface area contributed by atoms with E-state index < -0.39 is 0 Å². The van der Waals surface area contributed by atoms with Gasteiger partial charge in [-0.05, 0) is 44.7 Å². The van der Waals surface area contributed by atoms with Gasteiger partial charge in [0.05, 0.1) is 12.3 Å². The van der Waals surface area contributed by atoms with Crippen molar-refractivity contribution in [1.29, 1.82) is 0 Å². The number of ether oxygens (including phenoxy) is 1. The number of rotatable bonds is 4. The molecule has 1 fully saturated rings. The van der Waals surface area contributed by atoms with E-state index in [9.17, 15) is 9.90 Å². The molecule has 1 saturated heterocycles. The Labute approximate surface area is 141 Å². The number of hydrogen-bond donors (Lipinski definition) is 1. The number of nitrogens with zero attached hydrogens (tertiary/aromatic N) is 3. The molecule has 0 aromatic carbocycles. The minimum Gasteiger partial charge on any atom is -0.462 e. The Balaban J connectivity index is 2.13. The normalized spacial score (nSPS) is 18.0. The highest BCUT2D eigenvalue weighted by Gasteiger charge is 2.26. The van der Waals surface area contributed by atoms with Crippen molar-refractivity contribution in [2.45, 2.75) is 26.7 Å². The van der Waals surface area contributed by atoms with Gasteiger partial charge in [0.25, 0.3) is 0 Å². The van der Waals surface area contributed by atoms with E-state index in [0.717, 1.165) is 42.7 Å². The Bertz CT molecular complexity index is 748. The maximum absolute atomic E-state index is 12.4. The molecule has 3 heterocycles. The fourth-order valence-corrected chi connectivity index (χ4v) is 3.27. The molecule has 0 amide bonds. The van der Waals surface area contributed by atoms with Crippen molar-refractivity contribution in [3.63, 3.8) is 0 Å². The minimum atomic E-state index is -0.367. The molecule has 0 unspecified atom stereocenters. The van der Waals surface area contributed by atoms with E-state index >= 15 is 0 Å². The van der Waals surface area contributed by atoms with Gasteiger partial charge in [0, 0.05) is 37.0 Å². The van der Waals surface area contributed by atoms with Crippen molar-refractivity contribution in [2.75, 3.05) is 31.2 Å². The van der Waals surface area contributed by atoms with Gasteiger partial charge in [-0.3, -0.25) is 0 Å². The third kappa shape index (κ3) is 3.19. The summed E-state index contributed by atoms with van der Waals surface area (Å²) in [6.45, 7) is 5.75. The first-order valence-corrected chi connectivity index (χ1v) is 8.43. The molecule has 1 aliphatic rings. The van der Waals surface area contributed by atoms with Crippen molar-refractivity contribution in [3.05, 3.63) is 29.6 Å². The molecular formula is C18H23N3O3. The number of aromatic nitrogens is 2. The van der Waals surface area contributed by atoms with Crippen LogP contribution in [0, 0.1) is 12.8 Å². The second kappa shape index (κ2) is 7.13. The van der Waals surface area contributed by atoms with Crippen molar-refractivity contribution < 1.29 is 14.6 Å². The SMILES string of the molecule is CCOC(=O)c1cnc2nc(C)ccc2c1N1CCC[C@@H](CO)C1. The Hall–Kier alpha value is -2.21. The summed E-state index contributed by atoms with van der Waals surface area (Å²) in [6.07, 6.45) is 3.55. The van der Waals surface area contributed by atoms with E-state index in [1.807, 2.05) is 19.1 Å². The van der Waals surface area contributed by atoms with Gasteiger partial charge in [-0.25, -0.2) is 14.8 Å². The lowest BCUT2D eigenvalue weighted by atomic mass is 9.97. The molecule has 6 heteroatoms. The largest absolute Gasteiger partial charge is 0.462 e. The van der Waals surface area contributed by atoms with E-state index in [1.165, 1.54) is 0 Å². The van der Waals surface area contributed by atoms with Crippen LogP contribution in [0.25, 0.3) is 11.0 Å². The average Bonchev–Trinajstić information content (AvgIpc) is 2.60. The molecule has 3 rings (SSSR count). The van der Waals surface area contributed by atoms with Crippen LogP contribution in [0.1, 0.15) is 35.8 Å². The van der Waals surface area contributed by atoms with Crippen LogP contribution >= 0.6 is 0 Å². The summed E-state index contributed by atoms with van der Waals surface area (Å²) in [5, 5.41) is 10.4. The summed E-state index contributed by atoms with van der Waals surface area (Å²) in [5.41, 5.74) is 2.80. The summed E-state index contributed by atoms with van der Waals surface area (Å²) in [6, 6.07) is 3.89. The topological polar surface area (TPSA) is 75.5 Å². The second-order valence-corrected chi connectivity index (χ2v) is 6.20. The lowest BCUT2D eigenvalue weighted by molar-refractivity contribution is 0.0526. The van der Waals surface area contributed by atoms with E-state index in [2.05, 4.69) is 14.9 Å². The molecule has 0 saturated carbocycles. The zero-order valence-electron chi connectivity index (χ0n) is 14.2. The van der Waals surface area contributed by atoms with Gasteiger partial charge in [0.1, 0.15) is 5.56 Å². The standard InChI is InChI=1S/C18H23N3O3/c1-3-24-18(23)15-9-19-17-14(7-6-12(2)20-17)16(15)21-8-4-5-13(10-21)11-22/h6-7,9,13,22H,3-5,8,10-11H2,1-2H3/t13-/m1/s1. The molecule has 2 aromatic rings. The quantitative estimate of drug-likeness (QED) is 0.868. The number of esters is 1. The molecule has 2 aromatic heterocycles. The van der Waals surface area contributed by atoms with Crippen molar-refractivity contribution >= 4 is 22.7 Å². The van der Waals surface area contributed by atoms with Crippen LogP contribution in [-0.4, -0.2) is 47.3 Å². The molecule has 1 N–H and O–H groups in total. The summed E-state index contributed by atoms with van der Waals surface area (Å²) in [4.78, 5) is 23.4. The second-order valence-electron chi connectivity index (χ2n) is 6.20. The summed E-state index contributed by atoms with van der Waals surface area (Å²) in [5.74, 6) is -0.149. The molecule has 24 heavy (non-hydrogen) atoms. The zero-order chi connectivity index (χ0) is 17.1. The number of fused-ring (bicyclic) bond motifs is 1. The number of aliphatic hydroxyl groups is 1. The summed E-state index contributed by atoms with van der Waals surface area (Å²) < 4.78 is 5.21. The van der Waals surface area contributed by atoms with Gasteiger partial charge in [-0.1, -0.05) is 0 Å². The zero-order valence-corrected chi connectivity index (χ0v) is 14.2. The minimum absolute atomic E-state index is 0.158. The Kier molecular flexibility index (Phi) is 4.94. The smallest absolute Gasteiger partial charge is 0.341 e. The number of aliphatic hydroxyl groups excluding tert-OH is 1. The van der Waals surface area contributed by atoms with Crippen LogP contribution in [0.3, 0.4) is 0 Å². The van der Waals surface area contributed by atoms with Gasteiger partial charge < -0.3 is 14.7 Å². The maximum Gasteiger partial charge on any atom is 0.341 e. The molecule has 6 nitrogen and oxygen atoms in total. The van der Waals surface area contributed by atoms with E-state index in [0.29, 0.717) is 17.8 Å². The van der Waals surface area contributed by atoms with Crippen molar-refractivity contribution in [2.24, 2.45) is 5.92 Å². The molecular weight excluding hydrogens is 306 g/mol. The first-order valence-electron chi connectivity index (χ1n) is 8.43. The Morgan fingerprint density at radius 1 is 1.46 bits per heavy atom. The number of anilines is 1.